The number of benzene rings is 2. The average Bonchev–Trinajstić information content (AvgIpc) is 2.49. The summed E-state index contributed by atoms with van der Waals surface area (Å²) in [5.74, 6) is 5.02. The Morgan fingerprint density at radius 2 is 1.95 bits per heavy atom. The third-order valence-corrected chi connectivity index (χ3v) is 3.52. The smallest absolute Gasteiger partial charge is 0.238 e. The van der Waals surface area contributed by atoms with Gasteiger partial charge < -0.3 is 4.74 Å². The van der Waals surface area contributed by atoms with E-state index in [9.17, 15) is 9.18 Å². The highest BCUT2D eigenvalue weighted by Gasteiger charge is 2.08. The number of rotatable bonds is 5. The van der Waals surface area contributed by atoms with Crippen LogP contribution in [0.25, 0.3) is 0 Å². The summed E-state index contributed by atoms with van der Waals surface area (Å²) in [6.07, 6.45) is 0.184. The van der Waals surface area contributed by atoms with Gasteiger partial charge in [0, 0.05) is 0 Å². The van der Waals surface area contributed by atoms with Crippen molar-refractivity contribution in [2.24, 2.45) is 5.84 Å². The predicted molar refractivity (Wildman–Crippen MR) is 80.9 cm³/mol. The van der Waals surface area contributed by atoms with Crippen molar-refractivity contribution in [3.63, 3.8) is 0 Å². The molecule has 0 aliphatic heterocycles. The van der Waals surface area contributed by atoms with Crippen LogP contribution >= 0.6 is 15.9 Å². The zero-order valence-corrected chi connectivity index (χ0v) is 12.7. The van der Waals surface area contributed by atoms with Gasteiger partial charge in [-0.05, 0) is 45.3 Å². The van der Waals surface area contributed by atoms with Crippen LogP contribution in [0.1, 0.15) is 11.1 Å². The summed E-state index contributed by atoms with van der Waals surface area (Å²) in [5.41, 5.74) is 3.81. The number of nitrogens with two attached hydrogens (primary N) is 1. The molecule has 4 nitrogen and oxygen atoms in total. The highest BCUT2D eigenvalue weighted by Crippen LogP contribution is 2.23. The van der Waals surface area contributed by atoms with Crippen LogP contribution in [-0.4, -0.2) is 5.91 Å². The molecule has 0 unspecified atom stereocenters. The number of amides is 1. The van der Waals surface area contributed by atoms with Crippen LogP contribution in [0.5, 0.6) is 5.75 Å². The highest BCUT2D eigenvalue weighted by molar-refractivity contribution is 9.10. The Balaban J connectivity index is 2.09. The first-order chi connectivity index (χ1) is 10.1. The maximum absolute atomic E-state index is 13.1. The minimum atomic E-state index is -0.345. The van der Waals surface area contributed by atoms with E-state index in [0.29, 0.717) is 10.2 Å². The molecule has 110 valence electrons. The van der Waals surface area contributed by atoms with Gasteiger partial charge in [-0.1, -0.05) is 24.3 Å². The summed E-state index contributed by atoms with van der Waals surface area (Å²) in [7, 11) is 0. The van der Waals surface area contributed by atoms with Gasteiger partial charge in [0.25, 0.3) is 0 Å². The minimum Gasteiger partial charge on any atom is -0.489 e. The van der Waals surface area contributed by atoms with Crippen LogP contribution in [0.15, 0.2) is 46.9 Å². The number of hydrazine groups is 1. The molecule has 0 bridgehead atoms. The van der Waals surface area contributed by atoms with Gasteiger partial charge >= 0.3 is 0 Å². The van der Waals surface area contributed by atoms with Crippen molar-refractivity contribution in [3.8, 4) is 5.75 Å². The summed E-state index contributed by atoms with van der Waals surface area (Å²) in [5, 5.41) is 0. The fourth-order valence-electron chi connectivity index (χ4n) is 1.82. The lowest BCUT2D eigenvalue weighted by Crippen LogP contribution is -2.31. The van der Waals surface area contributed by atoms with Gasteiger partial charge in [-0.3, -0.25) is 10.2 Å². The van der Waals surface area contributed by atoms with Crippen LogP contribution in [-0.2, 0) is 17.8 Å². The number of carbonyl (C=O) groups is 1. The van der Waals surface area contributed by atoms with E-state index in [-0.39, 0.29) is 24.8 Å². The third-order valence-electron chi connectivity index (χ3n) is 2.92. The van der Waals surface area contributed by atoms with Crippen molar-refractivity contribution in [2.75, 3.05) is 0 Å². The molecule has 0 saturated carbocycles. The van der Waals surface area contributed by atoms with Crippen molar-refractivity contribution in [1.82, 2.24) is 5.43 Å². The van der Waals surface area contributed by atoms with Crippen molar-refractivity contribution in [2.45, 2.75) is 13.0 Å². The second-order valence-electron chi connectivity index (χ2n) is 4.38. The standard InChI is InChI=1S/C15H14BrFN2O2/c16-13-8-12(5-6-14(13)17)21-9-11-4-2-1-3-10(11)7-15(20)19-18/h1-6,8H,7,9,18H2,(H,19,20). The molecule has 0 aliphatic carbocycles. The van der Waals surface area contributed by atoms with Crippen LogP contribution in [0.4, 0.5) is 4.39 Å². The first-order valence-electron chi connectivity index (χ1n) is 6.24. The molecule has 0 aliphatic rings. The van der Waals surface area contributed by atoms with Gasteiger partial charge in [-0.2, -0.15) is 0 Å². The normalized spacial score (nSPS) is 10.2. The number of hydrogen-bond donors (Lipinski definition) is 2. The largest absolute Gasteiger partial charge is 0.489 e. The number of ether oxygens (including phenoxy) is 1. The molecule has 21 heavy (non-hydrogen) atoms. The lowest BCUT2D eigenvalue weighted by Gasteiger charge is -2.11. The zero-order chi connectivity index (χ0) is 15.2. The number of nitrogens with one attached hydrogen (secondary N) is 1. The molecule has 0 saturated heterocycles. The SMILES string of the molecule is NNC(=O)Cc1ccccc1COc1ccc(F)c(Br)c1. The number of halogens is 2. The van der Waals surface area contributed by atoms with Gasteiger partial charge in [0.05, 0.1) is 10.9 Å². The van der Waals surface area contributed by atoms with E-state index >= 15 is 0 Å². The van der Waals surface area contributed by atoms with E-state index in [2.05, 4.69) is 21.4 Å². The van der Waals surface area contributed by atoms with Gasteiger partial charge in [0.1, 0.15) is 18.2 Å². The van der Waals surface area contributed by atoms with E-state index in [1.165, 1.54) is 6.07 Å². The Morgan fingerprint density at radius 3 is 2.62 bits per heavy atom. The lowest BCUT2D eigenvalue weighted by atomic mass is 10.1. The second-order valence-corrected chi connectivity index (χ2v) is 5.23. The van der Waals surface area contributed by atoms with Crippen LogP contribution in [0, 0.1) is 5.82 Å². The van der Waals surface area contributed by atoms with Crippen LogP contribution in [0.3, 0.4) is 0 Å². The van der Waals surface area contributed by atoms with Crippen LogP contribution < -0.4 is 16.0 Å². The molecule has 0 spiro atoms. The number of carbonyl (C=O) groups excluding carboxylic acids is 1. The minimum absolute atomic E-state index is 0.184. The van der Waals surface area contributed by atoms with Crippen molar-refractivity contribution in [1.29, 1.82) is 0 Å². The highest BCUT2D eigenvalue weighted by atomic mass is 79.9. The van der Waals surface area contributed by atoms with E-state index < -0.39 is 0 Å². The van der Waals surface area contributed by atoms with Crippen LogP contribution in [0.2, 0.25) is 0 Å². The average molecular weight is 353 g/mol. The van der Waals surface area contributed by atoms with E-state index in [1.807, 2.05) is 24.3 Å². The van der Waals surface area contributed by atoms with Gasteiger partial charge in [0.2, 0.25) is 5.91 Å². The first kappa shape index (κ1) is 15.5. The fraction of sp³-hybridized carbons (Fsp3) is 0.133. The van der Waals surface area contributed by atoms with E-state index in [0.717, 1.165) is 11.1 Å². The lowest BCUT2D eigenvalue weighted by molar-refractivity contribution is -0.120. The van der Waals surface area contributed by atoms with Crippen molar-refractivity contribution in [3.05, 3.63) is 63.9 Å². The molecule has 0 aromatic heterocycles. The molecular formula is C15H14BrFN2O2. The summed E-state index contributed by atoms with van der Waals surface area (Å²) in [6, 6.07) is 11.9. The topological polar surface area (TPSA) is 64.3 Å². The molecule has 0 atom stereocenters. The Labute approximate surface area is 130 Å². The number of hydrogen-bond acceptors (Lipinski definition) is 3. The van der Waals surface area contributed by atoms with Crippen molar-refractivity contribution < 1.29 is 13.9 Å². The third kappa shape index (κ3) is 4.27. The molecule has 6 heteroatoms. The first-order valence-corrected chi connectivity index (χ1v) is 7.03. The maximum Gasteiger partial charge on any atom is 0.238 e. The molecular weight excluding hydrogens is 339 g/mol. The van der Waals surface area contributed by atoms with E-state index in [1.54, 1.807) is 12.1 Å². The zero-order valence-electron chi connectivity index (χ0n) is 11.1. The second kappa shape index (κ2) is 7.19. The summed E-state index contributed by atoms with van der Waals surface area (Å²) < 4.78 is 19.1. The van der Waals surface area contributed by atoms with Gasteiger partial charge in [-0.25, -0.2) is 10.2 Å². The molecule has 1 amide bonds. The maximum atomic E-state index is 13.1. The van der Waals surface area contributed by atoms with E-state index in [4.69, 9.17) is 10.6 Å². The summed E-state index contributed by atoms with van der Waals surface area (Å²) in [6.45, 7) is 0.284. The summed E-state index contributed by atoms with van der Waals surface area (Å²) in [4.78, 5) is 11.4. The van der Waals surface area contributed by atoms with Crippen molar-refractivity contribution >= 4 is 21.8 Å². The molecule has 2 aromatic rings. The molecule has 2 aromatic carbocycles. The molecule has 0 heterocycles. The Bertz CT molecular complexity index is 649. The quantitative estimate of drug-likeness (QED) is 0.494. The molecule has 2 rings (SSSR count). The monoisotopic (exact) mass is 352 g/mol. The Hall–Kier alpha value is -1.92. The Morgan fingerprint density at radius 1 is 1.24 bits per heavy atom. The predicted octanol–water partition coefficient (Wildman–Crippen LogP) is 2.70. The Kier molecular flexibility index (Phi) is 5.30. The molecule has 0 radical (unpaired) electrons. The van der Waals surface area contributed by atoms with Gasteiger partial charge in [-0.15, -0.1) is 0 Å². The molecule has 0 fully saturated rings. The molecule has 3 N–H and O–H groups in total. The fourth-order valence-corrected chi connectivity index (χ4v) is 2.18. The summed E-state index contributed by atoms with van der Waals surface area (Å²) >= 11 is 3.11. The van der Waals surface area contributed by atoms with Gasteiger partial charge in [0.15, 0.2) is 0 Å².